The van der Waals surface area contributed by atoms with Crippen LogP contribution in [0.2, 0.25) is 0 Å². The highest BCUT2D eigenvalue weighted by atomic mass is 79.9. The molecule has 0 saturated heterocycles. The van der Waals surface area contributed by atoms with Crippen LogP contribution in [0.5, 0.6) is 0 Å². The molecule has 0 radical (unpaired) electrons. The first-order chi connectivity index (χ1) is 11.2. The van der Waals surface area contributed by atoms with Gasteiger partial charge in [0, 0.05) is 28.1 Å². The largest absolute Gasteiger partial charge is 0.598 e. The number of halogens is 3. The van der Waals surface area contributed by atoms with Gasteiger partial charge in [-0.2, -0.15) is 0 Å². The normalized spacial score (nSPS) is 14.5. The Morgan fingerprint density at radius 2 is 1.88 bits per heavy atom. The lowest BCUT2D eigenvalue weighted by atomic mass is 10.0. The highest BCUT2D eigenvalue weighted by Gasteiger charge is 2.31. The quantitative estimate of drug-likeness (QED) is 0.731. The summed E-state index contributed by atoms with van der Waals surface area (Å²) in [7, 11) is 0. The molecule has 0 saturated carbocycles. The highest BCUT2D eigenvalue weighted by molar-refractivity contribution is 9.10. The average molecular weight is 417 g/mol. The van der Waals surface area contributed by atoms with Gasteiger partial charge in [0.15, 0.2) is 0 Å². The average Bonchev–Trinajstić information content (AvgIpc) is 2.45. The number of aromatic nitrogens is 1. The van der Waals surface area contributed by atoms with Crippen molar-refractivity contribution in [2.24, 2.45) is 0 Å². The fraction of sp³-hybridized carbons (Fsp3) is 0.353. The maximum absolute atomic E-state index is 13.5. The van der Waals surface area contributed by atoms with Crippen LogP contribution in [0.1, 0.15) is 38.1 Å². The van der Waals surface area contributed by atoms with E-state index in [1.54, 1.807) is 12.3 Å². The molecule has 2 aromatic rings. The molecule has 0 aliphatic carbocycles. The monoisotopic (exact) mass is 416 g/mol. The molecule has 1 aromatic carbocycles. The van der Waals surface area contributed by atoms with Crippen LogP contribution in [-0.2, 0) is 17.8 Å². The lowest BCUT2D eigenvalue weighted by Gasteiger charge is -2.28. The summed E-state index contributed by atoms with van der Waals surface area (Å²) in [6, 6.07) is 6.51. The molecule has 24 heavy (non-hydrogen) atoms. The third kappa shape index (κ3) is 5.24. The van der Waals surface area contributed by atoms with Crippen molar-refractivity contribution < 1.29 is 13.3 Å². The number of nitrogens with one attached hydrogen (secondary N) is 1. The third-order valence-electron chi connectivity index (χ3n) is 3.28. The van der Waals surface area contributed by atoms with Crippen molar-refractivity contribution in [3.05, 3.63) is 63.9 Å². The van der Waals surface area contributed by atoms with E-state index in [0.717, 1.165) is 10.5 Å². The van der Waals surface area contributed by atoms with Crippen molar-refractivity contribution in [3.8, 4) is 0 Å². The van der Waals surface area contributed by atoms with E-state index in [4.69, 9.17) is 0 Å². The van der Waals surface area contributed by atoms with Crippen molar-refractivity contribution in [1.82, 2.24) is 9.71 Å². The zero-order valence-electron chi connectivity index (χ0n) is 13.6. The lowest BCUT2D eigenvalue weighted by Crippen LogP contribution is -2.42. The van der Waals surface area contributed by atoms with Gasteiger partial charge < -0.3 is 4.55 Å². The standard InChI is InChI=1S/C17H19BrF2N2OS/c1-17(2,3)24(23)22-15(16-14(18)5-4-6-21-16)9-11-7-12(19)10-13(20)8-11/h4-8,10,15,22H,9H2,1-3H3/t15-,24?/m0/s1. The van der Waals surface area contributed by atoms with Crippen molar-refractivity contribution >= 4 is 27.3 Å². The summed E-state index contributed by atoms with van der Waals surface area (Å²) in [6.07, 6.45) is 1.88. The second-order valence-corrected chi connectivity index (χ2v) is 9.26. The van der Waals surface area contributed by atoms with E-state index in [2.05, 4.69) is 25.6 Å². The fourth-order valence-electron chi connectivity index (χ4n) is 2.12. The number of pyridine rings is 1. The molecule has 7 heteroatoms. The van der Waals surface area contributed by atoms with Gasteiger partial charge in [-0.25, -0.2) is 8.78 Å². The summed E-state index contributed by atoms with van der Waals surface area (Å²) in [5, 5.41) is 0. The minimum absolute atomic E-state index is 0.256. The van der Waals surface area contributed by atoms with Crippen LogP contribution >= 0.6 is 15.9 Å². The molecule has 2 atom stereocenters. The van der Waals surface area contributed by atoms with Gasteiger partial charge in [0.2, 0.25) is 0 Å². The van der Waals surface area contributed by atoms with Crippen LogP contribution in [-0.4, -0.2) is 14.3 Å². The van der Waals surface area contributed by atoms with E-state index in [1.165, 1.54) is 12.1 Å². The van der Waals surface area contributed by atoms with E-state index < -0.39 is 33.8 Å². The predicted octanol–water partition coefficient (Wildman–Crippen LogP) is 4.46. The molecule has 1 heterocycles. The van der Waals surface area contributed by atoms with Gasteiger partial charge >= 0.3 is 0 Å². The summed E-state index contributed by atoms with van der Waals surface area (Å²) >= 11 is 2.07. The van der Waals surface area contributed by atoms with E-state index in [0.29, 0.717) is 11.3 Å². The Hall–Kier alpha value is -1.02. The van der Waals surface area contributed by atoms with Crippen LogP contribution in [0.3, 0.4) is 0 Å². The Kier molecular flexibility index (Phi) is 6.36. The molecule has 0 bridgehead atoms. The van der Waals surface area contributed by atoms with E-state index in [1.807, 2.05) is 26.8 Å². The van der Waals surface area contributed by atoms with Gasteiger partial charge in [0.05, 0.1) is 11.7 Å². The zero-order chi connectivity index (χ0) is 17.9. The predicted molar refractivity (Wildman–Crippen MR) is 95.8 cm³/mol. The Bertz CT molecular complexity index is 689. The molecular formula is C17H19BrF2N2OS. The molecule has 1 unspecified atom stereocenters. The Morgan fingerprint density at radius 1 is 1.25 bits per heavy atom. The van der Waals surface area contributed by atoms with Crippen molar-refractivity contribution in [2.45, 2.75) is 38.0 Å². The molecule has 1 N–H and O–H groups in total. The lowest BCUT2D eigenvalue weighted by molar-refractivity contribution is 0.516. The third-order valence-corrected chi connectivity index (χ3v) is 5.57. The van der Waals surface area contributed by atoms with Crippen LogP contribution in [0, 0.1) is 11.6 Å². The summed E-state index contributed by atoms with van der Waals surface area (Å²) in [6.45, 7) is 5.55. The Labute approximate surface area is 152 Å². The number of hydrogen-bond acceptors (Lipinski definition) is 3. The first-order valence-electron chi connectivity index (χ1n) is 7.40. The van der Waals surface area contributed by atoms with E-state index >= 15 is 0 Å². The van der Waals surface area contributed by atoms with Gasteiger partial charge in [-0.3, -0.25) is 4.98 Å². The Balaban J connectivity index is 2.34. The van der Waals surface area contributed by atoms with Gasteiger partial charge in [-0.15, -0.1) is 4.72 Å². The summed E-state index contributed by atoms with van der Waals surface area (Å²) in [4.78, 5) is 4.32. The minimum Gasteiger partial charge on any atom is -0.598 e. The SMILES string of the molecule is CC(C)(C)[S+]([O-])N[C@@H](Cc1cc(F)cc(F)c1)c1ncccc1Br. The number of benzene rings is 1. The topological polar surface area (TPSA) is 48.0 Å². The number of nitrogens with zero attached hydrogens (tertiary/aromatic N) is 1. The number of hydrogen-bond donors (Lipinski definition) is 1. The second-order valence-electron chi connectivity index (χ2n) is 6.40. The maximum Gasteiger partial charge on any atom is 0.136 e. The first-order valence-corrected chi connectivity index (χ1v) is 9.34. The molecular weight excluding hydrogens is 398 g/mol. The van der Waals surface area contributed by atoms with E-state index in [-0.39, 0.29) is 6.42 Å². The fourth-order valence-corrected chi connectivity index (χ4v) is 3.46. The minimum atomic E-state index is -1.36. The van der Waals surface area contributed by atoms with Crippen LogP contribution in [0.15, 0.2) is 41.0 Å². The first kappa shape index (κ1) is 19.3. The summed E-state index contributed by atoms with van der Waals surface area (Å²) in [5.74, 6) is -1.28. The van der Waals surface area contributed by atoms with Crippen LogP contribution in [0.4, 0.5) is 8.78 Å². The van der Waals surface area contributed by atoms with Crippen molar-refractivity contribution in [3.63, 3.8) is 0 Å². The smallest absolute Gasteiger partial charge is 0.136 e. The summed E-state index contributed by atoms with van der Waals surface area (Å²) in [5.41, 5.74) is 1.10. The van der Waals surface area contributed by atoms with Crippen molar-refractivity contribution in [1.29, 1.82) is 0 Å². The molecule has 1 aromatic heterocycles. The molecule has 0 aliphatic rings. The zero-order valence-corrected chi connectivity index (χ0v) is 16.0. The van der Waals surface area contributed by atoms with E-state index in [9.17, 15) is 13.3 Å². The summed E-state index contributed by atoms with van der Waals surface area (Å²) < 4.78 is 42.7. The molecule has 2 rings (SSSR count). The molecule has 0 fully saturated rings. The van der Waals surface area contributed by atoms with Gasteiger partial charge in [-0.1, -0.05) is 0 Å². The van der Waals surface area contributed by atoms with Crippen LogP contribution in [0.25, 0.3) is 0 Å². The molecule has 0 aliphatic heterocycles. The highest BCUT2D eigenvalue weighted by Crippen LogP contribution is 2.27. The van der Waals surface area contributed by atoms with Gasteiger partial charge in [0.25, 0.3) is 0 Å². The van der Waals surface area contributed by atoms with Crippen molar-refractivity contribution in [2.75, 3.05) is 0 Å². The second kappa shape index (κ2) is 7.91. The van der Waals surface area contributed by atoms with Gasteiger partial charge in [0.1, 0.15) is 16.4 Å². The molecule has 130 valence electrons. The maximum atomic E-state index is 13.5. The van der Waals surface area contributed by atoms with Gasteiger partial charge in [-0.05, 0) is 73.0 Å². The molecule has 0 amide bonds. The molecule has 3 nitrogen and oxygen atoms in total. The van der Waals surface area contributed by atoms with Crippen LogP contribution < -0.4 is 4.72 Å². The molecule has 0 spiro atoms. The number of rotatable bonds is 5. The Morgan fingerprint density at radius 3 is 2.42 bits per heavy atom.